The average molecular weight is 1940 g/mol. The van der Waals surface area contributed by atoms with Crippen LogP contribution >= 0.6 is 0 Å². The van der Waals surface area contributed by atoms with E-state index in [1.165, 1.54) is 69.7 Å². The van der Waals surface area contributed by atoms with Crippen LogP contribution in [0.25, 0.3) is 10.9 Å². The Hall–Kier alpha value is -8.98. The molecule has 40 nitrogen and oxygen atoms in total. The van der Waals surface area contributed by atoms with Gasteiger partial charge in [-0.05, 0) is 158 Å². The maximum absolute atomic E-state index is 14.9. The molecule has 770 valence electrons. The van der Waals surface area contributed by atoms with Gasteiger partial charge < -0.3 is 123 Å². The number of carbonyl (C=O) groups is 10. The molecule has 2 saturated heterocycles. The van der Waals surface area contributed by atoms with E-state index in [1.54, 1.807) is 0 Å². The number of aliphatic hydroxyl groups is 8. The third-order valence-electron chi connectivity index (χ3n) is 26.3. The molecule has 2 bridgehead atoms. The van der Waals surface area contributed by atoms with Gasteiger partial charge in [-0.3, -0.25) is 57.9 Å². The fraction of sp³-hybridized carbons (Fsp3) is 0.701. The maximum atomic E-state index is 14.9. The second-order valence-corrected chi connectivity index (χ2v) is 35.6. The van der Waals surface area contributed by atoms with Crippen LogP contribution < -0.4 is 15.5 Å². The number of Topliss-reactive ketones (excluding diaryl/α,β-unsaturated/α-hetero) is 1. The number of rotatable bonds is 52. The number of benzene rings is 2. The number of nitrogens with one attached hydrogen (secondary N) is 3. The van der Waals surface area contributed by atoms with E-state index in [1.807, 2.05) is 40.8 Å². The highest BCUT2D eigenvalue weighted by Gasteiger charge is 2.74. The van der Waals surface area contributed by atoms with Crippen LogP contribution in [0.5, 0.6) is 0 Å². The summed E-state index contributed by atoms with van der Waals surface area (Å²) in [5, 5.41) is 97.4. The van der Waals surface area contributed by atoms with Gasteiger partial charge in [-0.2, -0.15) is 9.59 Å². The molecule has 4 amide bonds. The SMILES string of the molecule is CCC(CO)OC(CO)OC.CCC(CO)OC(COC(=O)CCCC(=O)NC(C)C(=O)OCCCCC(=O)[C@]1(O)C2N(C)c3cc(C)c([C@@]4(C)CC5CN(CCc6c4[nH]c4ccccc64)CC(O)(CC)C5)cc3[C@@]23CCN2CC=CC(C23)[C@H]1O)OC.CCC(CO)OC(COC(=O)CCCC(=O)NCCN1C(=O)C=CC1=O)OC.CCC(CO)OC(COC(=O)CCCC(=O)O)OC.O=C=O. The molecule has 6 aliphatic heterocycles. The number of aromatic nitrogens is 1. The Kier molecular flexibility index (Phi) is 49.7. The van der Waals surface area contributed by atoms with Crippen molar-refractivity contribution in [1.82, 2.24) is 30.3 Å². The van der Waals surface area contributed by atoms with Crippen molar-refractivity contribution >= 4 is 82.0 Å². The van der Waals surface area contributed by atoms with Gasteiger partial charge in [-0.15, -0.1) is 0 Å². The number of esters is 4. The molecule has 137 heavy (non-hydrogen) atoms. The minimum atomic E-state index is -2.13. The largest absolute Gasteiger partial charge is 0.481 e. The van der Waals surface area contributed by atoms with Gasteiger partial charge in [0.05, 0.1) is 81.8 Å². The number of anilines is 1. The third kappa shape index (κ3) is 32.5. The number of likely N-dealkylation sites (N-methyl/N-ethyl adjacent to an activating group) is 1. The van der Waals surface area contributed by atoms with Crippen LogP contribution in [0.15, 0.2) is 60.7 Å². The zero-order valence-corrected chi connectivity index (χ0v) is 81.6. The lowest BCUT2D eigenvalue weighted by atomic mass is 9.53. The first-order chi connectivity index (χ1) is 65.5. The van der Waals surface area contributed by atoms with Gasteiger partial charge in [0.25, 0.3) is 11.8 Å². The standard InChI is InChI=1S/C59H83N5O12.C18H28N2O8.C12H22O7.C7H16O4.CO2/c1-8-39(33-65)76-50(73-7)34-75-49(68)21-14-20-48(67)60-37(4)54(70)74-27-13-12-19-47(66)59(72)53(69)42-17-15-24-64-26-23-58(52(42)64)44-29-43(36(3)28-46(44)62(6)55(58)59)56(5)30-38-31-57(71,9-2)35-63(32-38)25-22-41-40-16-10-11-18-45(40)61-51(41)56;1-3-13(11-21)28-18(26-2)12-27-17(25)6-4-5-14(22)19-9-10-20-15(23)7-8-16(20)24;1-3-9(7-13)19-12(17-2)8-18-11(16)6-4-5-10(14)15;1-3-6(4-8)11-7(5-9)10-2;2-1-3/h10-11,15-18,28-29,37-39,42,50,52-53,55,61,65,69,71-72H,8-9,12-14,19-27,30-35H2,1-7H3,(H,60,67);7-8,13,18,21H,3-6,9-12H2,1-2H3,(H,19,22);9,12-13H,3-8H2,1-2H3,(H,14,15);6-9H,3-5H2,1-2H3;/t37?,38?,39?,42?,50?,52?,53-,55?,56-,57?,58-,59-;;;;/m1..../s1. The Morgan fingerprint density at radius 3 is 1.66 bits per heavy atom. The van der Waals surface area contributed by atoms with Crippen LogP contribution in [0.4, 0.5) is 5.69 Å². The normalized spacial score (nSPS) is 24.1. The van der Waals surface area contributed by atoms with Crippen LogP contribution in [0.1, 0.15) is 205 Å². The van der Waals surface area contributed by atoms with E-state index >= 15 is 0 Å². The molecule has 0 radical (unpaired) electrons. The molecular weight excluding hydrogens is 1790 g/mol. The Labute approximate surface area is 801 Å². The highest BCUT2D eigenvalue weighted by molar-refractivity contribution is 6.13. The lowest BCUT2D eigenvalue weighted by Crippen LogP contribution is -2.77. The predicted octanol–water partition coefficient (Wildman–Crippen LogP) is 4.08. The first-order valence-electron chi connectivity index (χ1n) is 47.5. The summed E-state index contributed by atoms with van der Waals surface area (Å²) in [4.78, 5) is 149. The maximum Gasteiger partial charge on any atom is 0.373 e. The summed E-state index contributed by atoms with van der Waals surface area (Å²) in [7, 11) is 7.64. The van der Waals surface area contributed by atoms with Crippen LogP contribution in [0.2, 0.25) is 0 Å². The lowest BCUT2D eigenvalue weighted by Gasteiger charge is -2.58. The van der Waals surface area contributed by atoms with E-state index in [-0.39, 0.29) is 167 Å². The lowest BCUT2D eigenvalue weighted by molar-refractivity contribution is -0.194. The van der Waals surface area contributed by atoms with Crippen molar-refractivity contribution in [3.05, 3.63) is 88.7 Å². The number of methoxy groups -OCH3 is 4. The number of piperidine rings is 1. The minimum Gasteiger partial charge on any atom is -0.481 e. The number of nitrogens with zero attached hydrogens (tertiary/aromatic N) is 4. The molecule has 7 heterocycles. The Balaban J connectivity index is 0.000000382. The van der Waals surface area contributed by atoms with Gasteiger partial charge in [-0.1, -0.05) is 71.0 Å². The molecular formula is C97H149N7O33. The van der Waals surface area contributed by atoms with Gasteiger partial charge in [0.1, 0.15) is 25.9 Å². The molecule has 40 heteroatoms. The van der Waals surface area contributed by atoms with Gasteiger partial charge in [0.15, 0.2) is 36.5 Å². The van der Waals surface area contributed by atoms with E-state index in [9.17, 15) is 68.4 Å². The second-order valence-electron chi connectivity index (χ2n) is 35.6. The fourth-order valence-electron chi connectivity index (χ4n) is 19.1. The summed E-state index contributed by atoms with van der Waals surface area (Å²) in [6.07, 6.45) is 8.55. The molecule has 15 unspecified atom stereocenters. The van der Waals surface area contributed by atoms with Crippen LogP contribution in [0.3, 0.4) is 0 Å². The average Bonchev–Trinajstić information content (AvgIpc) is 1.49. The first kappa shape index (κ1) is 117. The number of aliphatic hydroxyl groups excluding tert-OH is 6. The minimum absolute atomic E-state index is 0.0146. The summed E-state index contributed by atoms with van der Waals surface area (Å²) in [6, 6.07) is 11.4. The van der Waals surface area contributed by atoms with Gasteiger partial charge in [0.2, 0.25) is 11.8 Å². The van der Waals surface area contributed by atoms with Crippen molar-refractivity contribution in [2.24, 2.45) is 11.8 Å². The highest BCUT2D eigenvalue weighted by Crippen LogP contribution is 2.64. The number of H-pyrrole nitrogens is 1. The van der Waals surface area contributed by atoms with E-state index < -0.39 is 137 Å². The number of carbonyl (C=O) groups excluding carboxylic acids is 11. The highest BCUT2D eigenvalue weighted by atomic mass is 16.7. The number of hydrogen-bond donors (Lipinski definition) is 12. The van der Waals surface area contributed by atoms with E-state index in [0.29, 0.717) is 64.3 Å². The van der Waals surface area contributed by atoms with Gasteiger partial charge in [-0.25, -0.2) is 4.79 Å². The summed E-state index contributed by atoms with van der Waals surface area (Å²) in [6.45, 7) is 18.7. The number of carboxylic acid groups (broad SMARTS) is 1. The molecule has 10 rings (SSSR count). The van der Waals surface area contributed by atoms with Crippen LogP contribution in [0, 0.1) is 18.8 Å². The molecule has 2 aromatic carbocycles. The van der Waals surface area contributed by atoms with Crippen molar-refractivity contribution < 1.29 is 160 Å². The topological polar surface area (TPSA) is 550 Å². The van der Waals surface area contributed by atoms with Crippen molar-refractivity contribution in [2.45, 2.75) is 286 Å². The molecule has 7 aliphatic rings. The number of ketones is 1. The quantitative estimate of drug-likeness (QED) is 0.00946. The Morgan fingerprint density at radius 1 is 0.635 bits per heavy atom. The molecule has 3 fully saturated rings. The van der Waals surface area contributed by atoms with Crippen molar-refractivity contribution in [3.8, 4) is 0 Å². The zero-order valence-electron chi connectivity index (χ0n) is 81.6. The van der Waals surface area contributed by atoms with E-state index in [0.717, 1.165) is 72.7 Å². The number of hydrogen-bond acceptors (Lipinski definition) is 35. The number of aliphatic carboxylic acids is 1. The molecule has 19 atom stereocenters. The van der Waals surface area contributed by atoms with E-state index in [4.69, 9.17) is 92.0 Å². The number of aromatic amines is 1. The fourth-order valence-corrected chi connectivity index (χ4v) is 19.1. The van der Waals surface area contributed by atoms with Gasteiger partial charge in [0, 0.05) is 177 Å². The van der Waals surface area contributed by atoms with Crippen molar-refractivity contribution in [2.75, 3.05) is 146 Å². The number of ether oxygens (including phenoxy) is 12. The predicted molar refractivity (Wildman–Crippen MR) is 494 cm³/mol. The number of para-hydroxylation sites is 1. The number of unbranched alkanes of at least 4 members (excludes halogenated alkanes) is 1. The number of carboxylic acids is 1. The summed E-state index contributed by atoms with van der Waals surface area (Å²) in [5.74, 6) is -5.35. The van der Waals surface area contributed by atoms with Crippen molar-refractivity contribution in [3.63, 3.8) is 0 Å². The molecule has 12 N–H and O–H groups in total. The number of imide groups is 1. The summed E-state index contributed by atoms with van der Waals surface area (Å²) >= 11 is 0. The van der Waals surface area contributed by atoms with Gasteiger partial charge >= 0.3 is 36.0 Å². The van der Waals surface area contributed by atoms with Crippen molar-refractivity contribution in [1.29, 1.82) is 0 Å². The molecule has 1 saturated carbocycles. The zero-order chi connectivity index (χ0) is 101. The first-order valence-corrected chi connectivity index (χ1v) is 47.5. The third-order valence-corrected chi connectivity index (χ3v) is 26.3. The summed E-state index contributed by atoms with van der Waals surface area (Å²) < 4.78 is 62.1. The Morgan fingerprint density at radius 2 is 1.15 bits per heavy atom. The smallest absolute Gasteiger partial charge is 0.373 e. The number of fused-ring (bicyclic) bond motifs is 6. The molecule has 3 aromatic rings. The Bertz CT molecular complexity index is 4380. The number of amides is 4. The number of aryl methyl sites for hydroxylation is 1. The van der Waals surface area contributed by atoms with E-state index in [2.05, 4.69) is 93.6 Å². The molecule has 1 aliphatic carbocycles. The van der Waals surface area contributed by atoms with Crippen LogP contribution in [-0.2, 0) is 132 Å². The summed E-state index contributed by atoms with van der Waals surface area (Å²) in [5.41, 5.74) is 3.95. The molecule has 1 aromatic heterocycles. The molecule has 1 spiro atoms. The second kappa shape index (κ2) is 58.3. The monoisotopic (exact) mass is 1940 g/mol. The van der Waals surface area contributed by atoms with Crippen LogP contribution in [-0.4, -0.2) is 357 Å².